The Morgan fingerprint density at radius 2 is 1.79 bits per heavy atom. The van der Waals surface area contributed by atoms with E-state index in [1.54, 1.807) is 51.1 Å². The zero-order chi connectivity index (χ0) is 17.6. The molecule has 24 heavy (non-hydrogen) atoms. The van der Waals surface area contributed by atoms with Crippen molar-refractivity contribution in [2.45, 2.75) is 32.8 Å². The highest BCUT2D eigenvalue weighted by atomic mass is 19.1. The van der Waals surface area contributed by atoms with Gasteiger partial charge in [-0.2, -0.15) is 0 Å². The van der Waals surface area contributed by atoms with Gasteiger partial charge in [0.1, 0.15) is 17.2 Å². The number of anilines is 2. The number of benzene rings is 1. The topological polar surface area (TPSA) is 76.1 Å². The van der Waals surface area contributed by atoms with Crippen LogP contribution in [-0.2, 0) is 11.2 Å². The van der Waals surface area contributed by atoms with Crippen LogP contribution in [-0.4, -0.2) is 28.4 Å². The molecule has 1 heterocycles. The maximum Gasteiger partial charge on any atom is 0.413 e. The Labute approximate surface area is 140 Å². The minimum Gasteiger partial charge on any atom is -0.444 e. The Kier molecular flexibility index (Phi) is 5.68. The first-order chi connectivity index (χ1) is 11.3. The van der Waals surface area contributed by atoms with Crippen LogP contribution in [0.2, 0.25) is 0 Å². The Morgan fingerprint density at radius 1 is 1.12 bits per heavy atom. The van der Waals surface area contributed by atoms with Gasteiger partial charge in [0.25, 0.3) is 0 Å². The van der Waals surface area contributed by atoms with E-state index in [9.17, 15) is 9.18 Å². The van der Waals surface area contributed by atoms with E-state index in [0.29, 0.717) is 30.2 Å². The average Bonchev–Trinajstić information content (AvgIpc) is 2.49. The molecule has 0 fully saturated rings. The van der Waals surface area contributed by atoms with Crippen molar-refractivity contribution in [3.05, 3.63) is 47.8 Å². The van der Waals surface area contributed by atoms with Gasteiger partial charge < -0.3 is 10.1 Å². The molecule has 0 bridgehead atoms. The summed E-state index contributed by atoms with van der Waals surface area (Å²) in [5, 5.41) is 13.4. The molecular formula is C17H21FN4O2. The summed E-state index contributed by atoms with van der Waals surface area (Å²) in [7, 11) is 0. The fraction of sp³-hybridized carbons (Fsp3) is 0.353. The third-order valence-corrected chi connectivity index (χ3v) is 2.95. The quantitative estimate of drug-likeness (QED) is 0.874. The van der Waals surface area contributed by atoms with Gasteiger partial charge in [-0.25, -0.2) is 9.18 Å². The number of hydrogen-bond acceptors (Lipinski definition) is 5. The summed E-state index contributed by atoms with van der Waals surface area (Å²) >= 11 is 0. The molecule has 0 atom stereocenters. The molecule has 1 amide bonds. The number of nitrogens with zero attached hydrogens (tertiary/aromatic N) is 2. The molecule has 0 spiro atoms. The van der Waals surface area contributed by atoms with Gasteiger partial charge in [-0.3, -0.25) is 5.32 Å². The number of nitrogens with one attached hydrogen (secondary N) is 2. The first-order valence-electron chi connectivity index (χ1n) is 7.64. The van der Waals surface area contributed by atoms with Crippen LogP contribution in [0.4, 0.5) is 20.8 Å². The Bertz CT molecular complexity index is 684. The number of carbonyl (C=O) groups is 1. The lowest BCUT2D eigenvalue weighted by atomic mass is 10.1. The second-order valence-electron chi connectivity index (χ2n) is 6.20. The lowest BCUT2D eigenvalue weighted by molar-refractivity contribution is 0.0635. The lowest BCUT2D eigenvalue weighted by Gasteiger charge is -2.19. The van der Waals surface area contributed by atoms with E-state index in [1.165, 1.54) is 6.07 Å². The summed E-state index contributed by atoms with van der Waals surface area (Å²) in [6.07, 6.45) is -0.0521. The molecule has 0 aliphatic heterocycles. The van der Waals surface area contributed by atoms with E-state index in [0.717, 1.165) is 0 Å². The molecular weight excluding hydrogens is 311 g/mol. The number of aromatic nitrogens is 2. The van der Waals surface area contributed by atoms with Crippen molar-refractivity contribution in [1.29, 1.82) is 0 Å². The summed E-state index contributed by atoms with van der Waals surface area (Å²) in [4.78, 5) is 11.6. The highest BCUT2D eigenvalue weighted by Crippen LogP contribution is 2.11. The van der Waals surface area contributed by atoms with E-state index in [1.807, 2.05) is 0 Å². The molecule has 2 aromatic rings. The molecule has 6 nitrogen and oxygen atoms in total. The third kappa shape index (κ3) is 5.83. The zero-order valence-electron chi connectivity index (χ0n) is 14.0. The van der Waals surface area contributed by atoms with E-state index >= 15 is 0 Å². The summed E-state index contributed by atoms with van der Waals surface area (Å²) in [5.41, 5.74) is 0.0623. The normalized spacial score (nSPS) is 11.0. The van der Waals surface area contributed by atoms with Crippen molar-refractivity contribution in [3.8, 4) is 0 Å². The van der Waals surface area contributed by atoms with E-state index < -0.39 is 11.7 Å². The van der Waals surface area contributed by atoms with Crippen molar-refractivity contribution in [3.63, 3.8) is 0 Å². The van der Waals surface area contributed by atoms with Crippen molar-refractivity contribution < 1.29 is 13.9 Å². The number of rotatable bonds is 5. The molecule has 2 rings (SSSR count). The van der Waals surface area contributed by atoms with Crippen molar-refractivity contribution in [2.24, 2.45) is 0 Å². The van der Waals surface area contributed by atoms with Crippen LogP contribution in [0.1, 0.15) is 26.3 Å². The van der Waals surface area contributed by atoms with E-state index in [4.69, 9.17) is 4.74 Å². The standard InChI is InChI=1S/C17H21FN4O2/c1-17(2,3)24-16(23)20-15-9-8-14(21-22-15)19-11-10-12-6-4-5-7-13(12)18/h4-9H,10-11H2,1-3H3,(H,19,21)(H,20,22,23). The van der Waals surface area contributed by atoms with Crippen molar-refractivity contribution in [1.82, 2.24) is 10.2 Å². The Balaban J connectivity index is 1.82. The Hall–Kier alpha value is -2.70. The average molecular weight is 332 g/mol. The monoisotopic (exact) mass is 332 g/mol. The number of carbonyl (C=O) groups excluding carboxylic acids is 1. The second kappa shape index (κ2) is 7.72. The molecule has 0 saturated heterocycles. The SMILES string of the molecule is CC(C)(C)OC(=O)Nc1ccc(NCCc2ccccc2F)nn1. The minimum atomic E-state index is -0.586. The van der Waals surface area contributed by atoms with Crippen LogP contribution in [0.15, 0.2) is 36.4 Å². The first-order valence-corrected chi connectivity index (χ1v) is 7.64. The molecule has 0 aliphatic rings. The number of ether oxygens (including phenoxy) is 1. The van der Waals surface area contributed by atoms with Crippen LogP contribution in [0.25, 0.3) is 0 Å². The maximum absolute atomic E-state index is 13.5. The molecule has 128 valence electrons. The van der Waals surface area contributed by atoms with Crippen LogP contribution in [0.3, 0.4) is 0 Å². The highest BCUT2D eigenvalue weighted by Gasteiger charge is 2.16. The molecule has 0 saturated carbocycles. The minimum absolute atomic E-state index is 0.220. The van der Waals surface area contributed by atoms with Gasteiger partial charge >= 0.3 is 6.09 Å². The largest absolute Gasteiger partial charge is 0.444 e. The predicted octanol–water partition coefficient (Wildman–Crippen LogP) is 3.62. The van der Waals surface area contributed by atoms with Crippen LogP contribution < -0.4 is 10.6 Å². The zero-order valence-corrected chi connectivity index (χ0v) is 14.0. The van der Waals surface area contributed by atoms with E-state index in [2.05, 4.69) is 20.8 Å². The Morgan fingerprint density at radius 3 is 2.42 bits per heavy atom. The smallest absolute Gasteiger partial charge is 0.413 e. The van der Waals surface area contributed by atoms with Gasteiger partial charge in [-0.15, -0.1) is 10.2 Å². The fourth-order valence-corrected chi connectivity index (χ4v) is 1.93. The van der Waals surface area contributed by atoms with Gasteiger partial charge in [0, 0.05) is 6.54 Å². The van der Waals surface area contributed by atoms with Gasteiger partial charge in [-0.05, 0) is 51.0 Å². The third-order valence-electron chi connectivity index (χ3n) is 2.95. The van der Waals surface area contributed by atoms with Crippen LogP contribution >= 0.6 is 0 Å². The van der Waals surface area contributed by atoms with Crippen LogP contribution in [0.5, 0.6) is 0 Å². The lowest BCUT2D eigenvalue weighted by Crippen LogP contribution is -2.27. The molecule has 0 aliphatic carbocycles. The second-order valence-corrected chi connectivity index (χ2v) is 6.20. The van der Waals surface area contributed by atoms with E-state index in [-0.39, 0.29) is 5.82 Å². The number of amides is 1. The first kappa shape index (κ1) is 17.7. The molecule has 2 N–H and O–H groups in total. The molecule has 0 unspecified atom stereocenters. The van der Waals surface area contributed by atoms with Crippen LogP contribution in [0, 0.1) is 5.82 Å². The van der Waals surface area contributed by atoms with Gasteiger partial charge in [0.05, 0.1) is 0 Å². The summed E-state index contributed by atoms with van der Waals surface area (Å²) < 4.78 is 18.6. The number of hydrogen-bond donors (Lipinski definition) is 2. The van der Waals surface area contributed by atoms with Gasteiger partial charge in [-0.1, -0.05) is 18.2 Å². The molecule has 1 aromatic carbocycles. The van der Waals surface area contributed by atoms with Gasteiger partial charge in [0.15, 0.2) is 5.82 Å². The fourth-order valence-electron chi connectivity index (χ4n) is 1.93. The predicted molar refractivity (Wildman–Crippen MR) is 90.5 cm³/mol. The van der Waals surface area contributed by atoms with Crippen molar-refractivity contribution >= 4 is 17.7 Å². The summed E-state index contributed by atoms with van der Waals surface area (Å²) in [5.74, 6) is 0.618. The molecule has 1 aromatic heterocycles. The highest BCUT2D eigenvalue weighted by molar-refractivity contribution is 5.83. The number of halogens is 1. The summed E-state index contributed by atoms with van der Waals surface area (Å²) in [6, 6.07) is 9.94. The maximum atomic E-state index is 13.5. The summed E-state index contributed by atoms with van der Waals surface area (Å²) in [6.45, 7) is 5.86. The van der Waals surface area contributed by atoms with Gasteiger partial charge in [0.2, 0.25) is 0 Å². The molecule has 0 radical (unpaired) electrons. The molecule has 7 heteroatoms. The van der Waals surface area contributed by atoms with Crippen molar-refractivity contribution in [2.75, 3.05) is 17.2 Å².